The fourth-order valence-corrected chi connectivity index (χ4v) is 1.65. The topological polar surface area (TPSA) is 50.2 Å². The third-order valence-electron chi connectivity index (χ3n) is 0.777. The summed E-state index contributed by atoms with van der Waals surface area (Å²) in [5.41, 5.74) is 0. The minimum atomic E-state index is -1.91. The van der Waals surface area contributed by atoms with Gasteiger partial charge in [0, 0.05) is 5.38 Å². The molecule has 0 aliphatic carbocycles. The summed E-state index contributed by atoms with van der Waals surface area (Å²) in [6.07, 6.45) is 0. The molecular weight excluding hydrogens is 158 g/mol. The fraction of sp³-hybridized carbons (Fsp3) is 0.250. The van der Waals surface area contributed by atoms with E-state index >= 15 is 0 Å². The first-order valence-corrected chi connectivity index (χ1v) is 4.22. The Hall–Kier alpha value is -0.260. The van der Waals surface area contributed by atoms with Crippen molar-refractivity contribution in [3.63, 3.8) is 0 Å². The minimum Gasteiger partial charge on any atom is -0.301 e. The second-order valence-electron chi connectivity index (χ2n) is 1.45. The number of thiazole rings is 1. The molecule has 0 spiro atoms. The van der Waals surface area contributed by atoms with E-state index in [1.807, 2.05) is 0 Å². The average molecular weight is 163 g/mol. The third-order valence-corrected chi connectivity index (χ3v) is 2.27. The van der Waals surface area contributed by atoms with Gasteiger partial charge in [-0.3, -0.25) is 0 Å². The van der Waals surface area contributed by atoms with Gasteiger partial charge in [-0.05, 0) is 6.92 Å². The van der Waals surface area contributed by atoms with Crippen LogP contribution in [0.3, 0.4) is 0 Å². The van der Waals surface area contributed by atoms with E-state index in [4.69, 9.17) is 4.55 Å². The molecule has 1 aromatic heterocycles. The van der Waals surface area contributed by atoms with Crippen LogP contribution in [0, 0.1) is 6.92 Å². The lowest BCUT2D eigenvalue weighted by molar-refractivity contribution is 0.561. The molecule has 1 rings (SSSR count). The summed E-state index contributed by atoms with van der Waals surface area (Å²) in [5, 5.41) is 2.63. The van der Waals surface area contributed by atoms with Crippen LogP contribution < -0.4 is 0 Å². The Labute approximate surface area is 59.0 Å². The van der Waals surface area contributed by atoms with Crippen molar-refractivity contribution in [3.8, 4) is 0 Å². The maximum Gasteiger partial charge on any atom is 0.206 e. The normalized spacial score (nSPS) is 13.6. The fourth-order valence-electron chi connectivity index (χ4n) is 0.424. The van der Waals surface area contributed by atoms with E-state index in [0.717, 1.165) is 5.01 Å². The van der Waals surface area contributed by atoms with Crippen molar-refractivity contribution in [3.05, 3.63) is 10.4 Å². The van der Waals surface area contributed by atoms with Gasteiger partial charge >= 0.3 is 0 Å². The van der Waals surface area contributed by atoms with E-state index in [0.29, 0.717) is 0 Å². The molecule has 0 saturated carbocycles. The molecule has 1 unspecified atom stereocenters. The minimum absolute atomic E-state index is 0.248. The third kappa shape index (κ3) is 1.57. The largest absolute Gasteiger partial charge is 0.301 e. The predicted octanol–water partition coefficient (Wildman–Crippen LogP) is 1.03. The Morgan fingerprint density at radius 3 is 2.78 bits per heavy atom. The van der Waals surface area contributed by atoms with Crippen LogP contribution in [0.4, 0.5) is 0 Å². The molecule has 50 valence electrons. The van der Waals surface area contributed by atoms with Gasteiger partial charge in [0.25, 0.3) is 0 Å². The maximum atomic E-state index is 10.3. The molecule has 0 bridgehead atoms. The Morgan fingerprint density at radius 1 is 1.89 bits per heavy atom. The number of rotatable bonds is 1. The van der Waals surface area contributed by atoms with Gasteiger partial charge in [-0.25, -0.2) is 9.19 Å². The summed E-state index contributed by atoms with van der Waals surface area (Å²) in [7, 11) is 0. The van der Waals surface area contributed by atoms with Crippen LogP contribution in [-0.4, -0.2) is 13.7 Å². The van der Waals surface area contributed by atoms with Gasteiger partial charge in [-0.1, -0.05) is 0 Å². The van der Waals surface area contributed by atoms with Crippen molar-refractivity contribution >= 4 is 22.4 Å². The second-order valence-corrected chi connectivity index (χ2v) is 3.43. The van der Waals surface area contributed by atoms with Crippen LogP contribution in [0.1, 0.15) is 5.01 Å². The van der Waals surface area contributed by atoms with Crippen molar-refractivity contribution in [2.75, 3.05) is 0 Å². The molecule has 5 heteroatoms. The van der Waals surface area contributed by atoms with Gasteiger partial charge in [0.2, 0.25) is 11.1 Å². The first-order chi connectivity index (χ1) is 4.20. The van der Waals surface area contributed by atoms with Gasteiger partial charge in [-0.2, -0.15) is 0 Å². The monoisotopic (exact) mass is 163 g/mol. The molecular formula is C4H5NO2S2. The van der Waals surface area contributed by atoms with Gasteiger partial charge < -0.3 is 4.55 Å². The van der Waals surface area contributed by atoms with Crippen LogP contribution in [-0.2, 0) is 11.1 Å². The molecule has 0 aliphatic heterocycles. The molecule has 1 atom stereocenters. The highest BCUT2D eigenvalue weighted by molar-refractivity contribution is 7.79. The molecule has 9 heavy (non-hydrogen) atoms. The highest BCUT2D eigenvalue weighted by atomic mass is 32.2. The highest BCUT2D eigenvalue weighted by Gasteiger charge is 2.01. The molecule has 0 fully saturated rings. The standard InChI is InChI=1S/C4H5NO2S2/c1-3-5-4(2-8-3)9(6)7/h2H,1H3,(H,6,7). The Kier molecular flexibility index (Phi) is 1.94. The maximum absolute atomic E-state index is 10.3. The number of aryl methyl sites for hydroxylation is 1. The predicted molar refractivity (Wildman–Crippen MR) is 35.9 cm³/mol. The van der Waals surface area contributed by atoms with Crippen LogP contribution in [0.25, 0.3) is 0 Å². The van der Waals surface area contributed by atoms with Crippen LogP contribution in [0.15, 0.2) is 10.4 Å². The highest BCUT2D eigenvalue weighted by Crippen LogP contribution is 2.09. The van der Waals surface area contributed by atoms with Crippen molar-refractivity contribution in [2.24, 2.45) is 0 Å². The molecule has 0 aromatic carbocycles. The molecule has 0 saturated heterocycles. The van der Waals surface area contributed by atoms with Gasteiger partial charge in [0.1, 0.15) is 0 Å². The molecule has 0 radical (unpaired) electrons. The Morgan fingerprint density at radius 2 is 2.56 bits per heavy atom. The zero-order valence-corrected chi connectivity index (χ0v) is 6.33. The summed E-state index contributed by atoms with van der Waals surface area (Å²) >= 11 is -0.540. The molecule has 1 aromatic rings. The zero-order valence-electron chi connectivity index (χ0n) is 4.70. The number of aromatic nitrogens is 1. The summed E-state index contributed by atoms with van der Waals surface area (Å²) in [4.78, 5) is 3.78. The lowest BCUT2D eigenvalue weighted by atomic mass is 10.8. The number of hydrogen-bond acceptors (Lipinski definition) is 3. The molecule has 1 N–H and O–H groups in total. The van der Waals surface area contributed by atoms with Gasteiger partial charge in [-0.15, -0.1) is 11.3 Å². The van der Waals surface area contributed by atoms with Crippen LogP contribution in [0.5, 0.6) is 0 Å². The zero-order chi connectivity index (χ0) is 6.85. The number of nitrogens with zero attached hydrogens (tertiary/aromatic N) is 1. The number of hydrogen-bond donors (Lipinski definition) is 1. The Bertz CT molecular complexity index is 232. The SMILES string of the molecule is Cc1nc(S(=O)O)cs1. The van der Waals surface area contributed by atoms with Gasteiger partial charge in [0.15, 0.2) is 5.03 Å². The summed E-state index contributed by atoms with van der Waals surface area (Å²) in [6.45, 7) is 1.79. The lowest BCUT2D eigenvalue weighted by Gasteiger charge is -1.80. The van der Waals surface area contributed by atoms with Crippen molar-refractivity contribution < 1.29 is 8.76 Å². The van der Waals surface area contributed by atoms with Crippen molar-refractivity contribution in [1.29, 1.82) is 0 Å². The first-order valence-electron chi connectivity index (χ1n) is 2.23. The Balaban J connectivity index is 2.98. The van der Waals surface area contributed by atoms with Crippen molar-refractivity contribution in [2.45, 2.75) is 11.9 Å². The summed E-state index contributed by atoms with van der Waals surface area (Å²) in [6, 6.07) is 0. The van der Waals surface area contributed by atoms with Crippen LogP contribution in [0.2, 0.25) is 0 Å². The summed E-state index contributed by atoms with van der Waals surface area (Å²) < 4.78 is 18.7. The lowest BCUT2D eigenvalue weighted by Crippen LogP contribution is -1.86. The van der Waals surface area contributed by atoms with E-state index in [1.165, 1.54) is 11.3 Å². The van der Waals surface area contributed by atoms with E-state index < -0.39 is 11.1 Å². The smallest absolute Gasteiger partial charge is 0.206 e. The average Bonchev–Trinajstić information content (AvgIpc) is 2.14. The molecule has 1 heterocycles. The van der Waals surface area contributed by atoms with E-state index in [1.54, 1.807) is 12.3 Å². The first kappa shape index (κ1) is 6.85. The molecule has 3 nitrogen and oxygen atoms in total. The van der Waals surface area contributed by atoms with E-state index in [2.05, 4.69) is 4.98 Å². The van der Waals surface area contributed by atoms with Crippen LogP contribution >= 0.6 is 11.3 Å². The quantitative estimate of drug-likeness (QED) is 0.629. The van der Waals surface area contributed by atoms with E-state index in [-0.39, 0.29) is 5.03 Å². The molecule has 0 amide bonds. The van der Waals surface area contributed by atoms with E-state index in [9.17, 15) is 4.21 Å². The molecule has 0 aliphatic rings. The van der Waals surface area contributed by atoms with Gasteiger partial charge in [0.05, 0.1) is 5.01 Å². The van der Waals surface area contributed by atoms with Crippen molar-refractivity contribution in [1.82, 2.24) is 4.98 Å². The second kappa shape index (κ2) is 2.55. The summed E-state index contributed by atoms with van der Waals surface area (Å²) in [5.74, 6) is 0.